The first-order chi connectivity index (χ1) is 12.8. The molecule has 1 N–H and O–H groups in total. The van der Waals surface area contributed by atoms with Crippen molar-refractivity contribution in [2.45, 2.75) is 26.8 Å². The minimum atomic E-state index is -3.33. The molecule has 0 spiro atoms. The fourth-order valence-corrected chi connectivity index (χ4v) is 3.88. The van der Waals surface area contributed by atoms with E-state index in [4.69, 9.17) is 4.74 Å². The highest BCUT2D eigenvalue weighted by Gasteiger charge is 2.19. The Kier molecular flexibility index (Phi) is 6.85. The zero-order valence-corrected chi connectivity index (χ0v) is 16.9. The number of ether oxygens (including phenoxy) is 1. The van der Waals surface area contributed by atoms with E-state index in [0.717, 1.165) is 11.3 Å². The predicted octanol–water partition coefficient (Wildman–Crippen LogP) is 3.36. The fraction of sp³-hybridized carbons (Fsp3) is 0.350. The lowest BCUT2D eigenvalue weighted by Gasteiger charge is -2.22. The SMILES string of the molecule is CCN(c1ccc(C(=O)NC(C)c2ccc(OC)cc2)cc1)S(=O)(=O)CC. The third-order valence-electron chi connectivity index (χ3n) is 4.37. The van der Waals surface area contributed by atoms with E-state index in [1.54, 1.807) is 45.2 Å². The van der Waals surface area contributed by atoms with Gasteiger partial charge in [-0.05, 0) is 62.7 Å². The molecular formula is C20H26N2O4S. The van der Waals surface area contributed by atoms with Gasteiger partial charge in [0.1, 0.15) is 5.75 Å². The van der Waals surface area contributed by atoms with Crippen LogP contribution < -0.4 is 14.4 Å². The van der Waals surface area contributed by atoms with Crippen LogP contribution in [0.2, 0.25) is 0 Å². The van der Waals surface area contributed by atoms with Crippen LogP contribution in [-0.4, -0.2) is 33.7 Å². The van der Waals surface area contributed by atoms with E-state index in [1.807, 2.05) is 31.2 Å². The maximum atomic E-state index is 12.5. The highest BCUT2D eigenvalue weighted by Crippen LogP contribution is 2.20. The second-order valence-electron chi connectivity index (χ2n) is 6.08. The molecule has 0 bridgehead atoms. The molecule has 6 nitrogen and oxygen atoms in total. The average Bonchev–Trinajstić information content (AvgIpc) is 2.68. The van der Waals surface area contributed by atoms with E-state index < -0.39 is 10.0 Å². The number of anilines is 1. The summed E-state index contributed by atoms with van der Waals surface area (Å²) in [5.41, 5.74) is 2.00. The number of nitrogens with one attached hydrogen (secondary N) is 1. The lowest BCUT2D eigenvalue weighted by Crippen LogP contribution is -2.32. The first-order valence-corrected chi connectivity index (χ1v) is 10.5. The zero-order chi connectivity index (χ0) is 20.0. The molecule has 1 atom stereocenters. The van der Waals surface area contributed by atoms with Gasteiger partial charge in [0.05, 0.1) is 24.6 Å². The summed E-state index contributed by atoms with van der Waals surface area (Å²) in [6.45, 7) is 5.64. The number of hydrogen-bond donors (Lipinski definition) is 1. The summed E-state index contributed by atoms with van der Waals surface area (Å²) in [5, 5.41) is 2.94. The minimum Gasteiger partial charge on any atom is -0.497 e. The van der Waals surface area contributed by atoms with Crippen LogP contribution in [0.15, 0.2) is 48.5 Å². The molecule has 0 aliphatic carbocycles. The van der Waals surface area contributed by atoms with Crippen molar-refractivity contribution in [3.63, 3.8) is 0 Å². The lowest BCUT2D eigenvalue weighted by atomic mass is 10.1. The molecule has 2 aromatic carbocycles. The monoisotopic (exact) mass is 390 g/mol. The number of amides is 1. The van der Waals surface area contributed by atoms with Gasteiger partial charge in [0, 0.05) is 12.1 Å². The topological polar surface area (TPSA) is 75.7 Å². The molecule has 1 amide bonds. The minimum absolute atomic E-state index is 0.0302. The standard InChI is InChI=1S/C20H26N2O4S/c1-5-22(27(24,25)6-2)18-11-7-17(8-12-18)20(23)21-15(3)16-9-13-19(26-4)14-10-16/h7-15H,5-6H2,1-4H3,(H,21,23). The molecule has 146 valence electrons. The van der Waals surface area contributed by atoms with E-state index >= 15 is 0 Å². The van der Waals surface area contributed by atoms with Crippen molar-refractivity contribution in [1.82, 2.24) is 5.32 Å². The summed E-state index contributed by atoms with van der Waals surface area (Å²) in [7, 11) is -1.73. The van der Waals surface area contributed by atoms with Crippen molar-refractivity contribution < 1.29 is 17.9 Å². The van der Waals surface area contributed by atoms with Crippen molar-refractivity contribution in [2.24, 2.45) is 0 Å². The summed E-state index contributed by atoms with van der Waals surface area (Å²) in [4.78, 5) is 12.5. The summed E-state index contributed by atoms with van der Waals surface area (Å²) in [5.74, 6) is 0.573. The van der Waals surface area contributed by atoms with E-state index in [9.17, 15) is 13.2 Å². The molecule has 0 aliphatic heterocycles. The molecule has 0 heterocycles. The fourth-order valence-electron chi connectivity index (χ4n) is 2.73. The summed E-state index contributed by atoms with van der Waals surface area (Å²) in [6.07, 6.45) is 0. The molecule has 0 saturated carbocycles. The van der Waals surface area contributed by atoms with Crippen LogP contribution in [0.1, 0.15) is 42.7 Å². The second kappa shape index (κ2) is 8.90. The van der Waals surface area contributed by atoms with Gasteiger partial charge in [-0.25, -0.2) is 8.42 Å². The third-order valence-corrected chi connectivity index (χ3v) is 6.24. The smallest absolute Gasteiger partial charge is 0.251 e. The normalized spacial score (nSPS) is 12.3. The highest BCUT2D eigenvalue weighted by molar-refractivity contribution is 7.92. The van der Waals surface area contributed by atoms with E-state index in [2.05, 4.69) is 5.32 Å². The van der Waals surface area contributed by atoms with E-state index in [-0.39, 0.29) is 17.7 Å². The van der Waals surface area contributed by atoms with Crippen LogP contribution in [0.3, 0.4) is 0 Å². The number of carbonyl (C=O) groups is 1. The number of rotatable bonds is 8. The number of sulfonamides is 1. The lowest BCUT2D eigenvalue weighted by molar-refractivity contribution is 0.0940. The molecule has 7 heteroatoms. The Labute approximate surface area is 161 Å². The van der Waals surface area contributed by atoms with Gasteiger partial charge in [-0.3, -0.25) is 9.10 Å². The van der Waals surface area contributed by atoms with Crippen LogP contribution in [0.4, 0.5) is 5.69 Å². The average molecular weight is 391 g/mol. The van der Waals surface area contributed by atoms with E-state index in [1.165, 1.54) is 4.31 Å². The van der Waals surface area contributed by atoms with Crippen LogP contribution in [0.25, 0.3) is 0 Å². The molecule has 0 radical (unpaired) electrons. The van der Waals surface area contributed by atoms with Gasteiger partial charge in [-0.2, -0.15) is 0 Å². The van der Waals surface area contributed by atoms with Gasteiger partial charge in [-0.15, -0.1) is 0 Å². The van der Waals surface area contributed by atoms with Crippen LogP contribution >= 0.6 is 0 Å². The largest absolute Gasteiger partial charge is 0.497 e. The van der Waals surface area contributed by atoms with Crippen LogP contribution in [0.5, 0.6) is 5.75 Å². The molecule has 27 heavy (non-hydrogen) atoms. The number of benzene rings is 2. The molecule has 2 aromatic rings. The number of methoxy groups -OCH3 is 1. The Morgan fingerprint density at radius 2 is 1.67 bits per heavy atom. The first kappa shape index (κ1) is 20.8. The summed E-state index contributed by atoms with van der Waals surface area (Å²) < 4.78 is 30.7. The Balaban J connectivity index is 2.10. The maximum Gasteiger partial charge on any atom is 0.251 e. The van der Waals surface area contributed by atoms with Gasteiger partial charge < -0.3 is 10.1 Å². The Morgan fingerprint density at radius 3 is 2.15 bits per heavy atom. The highest BCUT2D eigenvalue weighted by atomic mass is 32.2. The van der Waals surface area contributed by atoms with Crippen molar-refractivity contribution in [3.8, 4) is 5.75 Å². The van der Waals surface area contributed by atoms with Gasteiger partial charge in [-0.1, -0.05) is 12.1 Å². The quantitative estimate of drug-likeness (QED) is 0.750. The summed E-state index contributed by atoms with van der Waals surface area (Å²) >= 11 is 0. The van der Waals surface area contributed by atoms with E-state index in [0.29, 0.717) is 17.8 Å². The molecule has 2 rings (SSSR count). The Bertz CT molecular complexity index is 862. The Hall–Kier alpha value is -2.54. The van der Waals surface area contributed by atoms with Crippen molar-refractivity contribution in [1.29, 1.82) is 0 Å². The van der Waals surface area contributed by atoms with Crippen LogP contribution in [0, 0.1) is 0 Å². The third kappa shape index (κ3) is 5.01. The van der Waals surface area contributed by atoms with Gasteiger partial charge in [0.15, 0.2) is 0 Å². The second-order valence-corrected chi connectivity index (χ2v) is 8.26. The number of hydrogen-bond acceptors (Lipinski definition) is 4. The number of carbonyl (C=O) groups excluding carboxylic acids is 1. The summed E-state index contributed by atoms with van der Waals surface area (Å²) in [6, 6.07) is 13.9. The van der Waals surface area contributed by atoms with Crippen LogP contribution in [-0.2, 0) is 10.0 Å². The van der Waals surface area contributed by atoms with Crippen molar-refractivity contribution in [3.05, 3.63) is 59.7 Å². The molecule has 0 aromatic heterocycles. The van der Waals surface area contributed by atoms with Crippen molar-refractivity contribution in [2.75, 3.05) is 23.7 Å². The zero-order valence-electron chi connectivity index (χ0n) is 16.1. The molecule has 1 unspecified atom stereocenters. The Morgan fingerprint density at radius 1 is 1.07 bits per heavy atom. The van der Waals surface area contributed by atoms with Gasteiger partial charge in [0.2, 0.25) is 10.0 Å². The van der Waals surface area contributed by atoms with Crippen molar-refractivity contribution >= 4 is 21.6 Å². The first-order valence-electron chi connectivity index (χ1n) is 8.87. The maximum absolute atomic E-state index is 12.5. The number of nitrogens with zero attached hydrogens (tertiary/aromatic N) is 1. The molecule has 0 aliphatic rings. The molecule has 0 fully saturated rings. The molecular weight excluding hydrogens is 364 g/mol. The van der Waals surface area contributed by atoms with Gasteiger partial charge >= 0.3 is 0 Å². The molecule has 0 saturated heterocycles. The van der Waals surface area contributed by atoms with Gasteiger partial charge in [0.25, 0.3) is 5.91 Å². The predicted molar refractivity (Wildman–Crippen MR) is 108 cm³/mol.